The predicted molar refractivity (Wildman–Crippen MR) is 33.5 cm³/mol. The predicted octanol–water partition coefficient (Wildman–Crippen LogP) is 0.651. The molecular weight excluding hydrogens is 102 g/mol. The van der Waals surface area contributed by atoms with Crippen LogP contribution in [0.3, 0.4) is 0 Å². The Kier molecular flexibility index (Phi) is 2.25. The molecule has 0 saturated heterocycles. The quantitative estimate of drug-likeness (QED) is 0.457. The monoisotopic (exact) mass is 113 g/mol. The van der Waals surface area contributed by atoms with Gasteiger partial charge in [-0.2, -0.15) is 0 Å². The summed E-state index contributed by atoms with van der Waals surface area (Å²) in [5.74, 6) is -0.00926. The van der Waals surface area contributed by atoms with E-state index in [-0.39, 0.29) is 5.91 Å². The van der Waals surface area contributed by atoms with Crippen LogP contribution in [0.1, 0.15) is 6.92 Å². The fourth-order valence-corrected chi connectivity index (χ4v) is 0.382. The lowest BCUT2D eigenvalue weighted by Gasteiger charge is -2.07. The largest absolute Gasteiger partial charge is 0.345 e. The molecule has 8 heavy (non-hydrogen) atoms. The van der Waals surface area contributed by atoms with Gasteiger partial charge in [0.05, 0.1) is 0 Å². The summed E-state index contributed by atoms with van der Waals surface area (Å²) in [4.78, 5) is 12.2. The van der Waals surface area contributed by atoms with E-state index in [0.29, 0.717) is 5.57 Å². The maximum atomic E-state index is 10.7. The first-order valence-electron chi connectivity index (χ1n) is 2.43. The third-order valence-electron chi connectivity index (χ3n) is 0.771. The lowest BCUT2D eigenvalue weighted by atomic mass is 10.3. The molecule has 0 atom stereocenters. The maximum Gasteiger partial charge on any atom is 0.248 e. The van der Waals surface area contributed by atoms with Gasteiger partial charge >= 0.3 is 0 Å². The molecular formula is C6H11NO. The van der Waals surface area contributed by atoms with Crippen molar-refractivity contribution >= 4 is 5.91 Å². The summed E-state index contributed by atoms with van der Waals surface area (Å²) in [6.07, 6.45) is 0. The molecule has 0 aliphatic heterocycles. The minimum Gasteiger partial charge on any atom is -0.345 e. The molecule has 0 heterocycles. The molecule has 0 radical (unpaired) electrons. The third kappa shape index (κ3) is 1.78. The van der Waals surface area contributed by atoms with Crippen LogP contribution in [-0.4, -0.2) is 24.9 Å². The van der Waals surface area contributed by atoms with Crippen LogP contribution in [0.15, 0.2) is 12.2 Å². The van der Waals surface area contributed by atoms with Gasteiger partial charge < -0.3 is 4.90 Å². The average Bonchev–Trinajstić information content (AvgIpc) is 1.64. The Morgan fingerprint density at radius 1 is 1.50 bits per heavy atom. The van der Waals surface area contributed by atoms with Gasteiger partial charge in [0.15, 0.2) is 0 Å². The van der Waals surface area contributed by atoms with Crippen molar-refractivity contribution in [3.63, 3.8) is 0 Å². The van der Waals surface area contributed by atoms with E-state index in [2.05, 4.69) is 6.58 Å². The fourth-order valence-electron chi connectivity index (χ4n) is 0.382. The Morgan fingerprint density at radius 2 is 1.88 bits per heavy atom. The molecule has 0 aromatic carbocycles. The van der Waals surface area contributed by atoms with E-state index >= 15 is 0 Å². The summed E-state index contributed by atoms with van der Waals surface area (Å²) in [6.45, 7) is 5.18. The molecule has 1 amide bonds. The molecule has 0 aromatic heterocycles. The summed E-state index contributed by atoms with van der Waals surface area (Å²) >= 11 is 0. The van der Waals surface area contributed by atoms with Crippen molar-refractivity contribution in [3.05, 3.63) is 12.2 Å². The van der Waals surface area contributed by atoms with Crippen LogP contribution in [0.5, 0.6) is 0 Å². The highest BCUT2D eigenvalue weighted by atomic mass is 16.2. The van der Waals surface area contributed by atoms with Crippen molar-refractivity contribution in [3.8, 4) is 0 Å². The van der Waals surface area contributed by atoms with Gasteiger partial charge in [-0.3, -0.25) is 4.79 Å². The number of carbonyl (C=O) groups is 1. The summed E-state index contributed by atoms with van der Waals surface area (Å²) < 4.78 is 0. The molecule has 46 valence electrons. The van der Waals surface area contributed by atoms with Gasteiger partial charge in [0, 0.05) is 19.7 Å². The van der Waals surface area contributed by atoms with Gasteiger partial charge in [0.2, 0.25) is 5.91 Å². The third-order valence-corrected chi connectivity index (χ3v) is 0.771. The average molecular weight is 113 g/mol. The van der Waals surface area contributed by atoms with E-state index in [9.17, 15) is 4.79 Å². The fraction of sp³-hybridized carbons (Fsp3) is 0.500. The summed E-state index contributed by atoms with van der Waals surface area (Å²) in [6, 6.07) is 0. The lowest BCUT2D eigenvalue weighted by Crippen LogP contribution is -2.21. The van der Waals surface area contributed by atoms with Crippen LogP contribution in [0.2, 0.25) is 0 Å². The first kappa shape index (κ1) is 7.21. The first-order valence-corrected chi connectivity index (χ1v) is 2.43. The highest BCUT2D eigenvalue weighted by molar-refractivity contribution is 5.91. The van der Waals surface area contributed by atoms with E-state index in [1.165, 1.54) is 4.90 Å². The molecule has 0 rings (SSSR count). The first-order chi connectivity index (χ1) is 3.55. The van der Waals surface area contributed by atoms with Gasteiger partial charge in [-0.25, -0.2) is 0 Å². The second kappa shape index (κ2) is 2.50. The van der Waals surface area contributed by atoms with E-state index in [4.69, 9.17) is 0 Å². The number of amides is 1. The Morgan fingerprint density at radius 3 is 1.88 bits per heavy atom. The lowest BCUT2D eigenvalue weighted by molar-refractivity contribution is -0.124. The van der Waals surface area contributed by atoms with Crippen molar-refractivity contribution < 1.29 is 4.79 Å². The number of rotatable bonds is 1. The van der Waals surface area contributed by atoms with Crippen molar-refractivity contribution in [2.24, 2.45) is 0 Å². The highest BCUT2D eigenvalue weighted by Gasteiger charge is 2.01. The van der Waals surface area contributed by atoms with E-state index in [0.717, 1.165) is 0 Å². The van der Waals surface area contributed by atoms with Gasteiger partial charge in [-0.05, 0) is 6.92 Å². The molecule has 0 aliphatic carbocycles. The Bertz CT molecular complexity index is 116. The number of hydrogen-bond acceptors (Lipinski definition) is 1. The zero-order chi connectivity index (χ0) is 6.73. The van der Waals surface area contributed by atoms with Gasteiger partial charge in [-0.1, -0.05) is 6.58 Å². The van der Waals surface area contributed by atoms with Crippen LogP contribution in [0.4, 0.5) is 0 Å². The summed E-state index contributed by atoms with van der Waals surface area (Å²) in [7, 11) is 3.41. The number of hydrogen-bond donors (Lipinski definition) is 0. The topological polar surface area (TPSA) is 20.3 Å². The number of carbonyl (C=O) groups excluding carboxylic acids is 1. The van der Waals surface area contributed by atoms with E-state index < -0.39 is 0 Å². The number of likely N-dealkylation sites (N-methyl/N-ethyl adjacent to an activating group) is 1. The molecule has 0 saturated carbocycles. The van der Waals surface area contributed by atoms with Crippen molar-refractivity contribution in [2.45, 2.75) is 6.92 Å². The molecule has 0 aromatic rings. The molecule has 0 unspecified atom stereocenters. The molecule has 0 fully saturated rings. The Hall–Kier alpha value is -0.790. The van der Waals surface area contributed by atoms with Gasteiger partial charge in [0.25, 0.3) is 0 Å². The van der Waals surface area contributed by atoms with Crippen LogP contribution in [0, 0.1) is 0 Å². The zero-order valence-corrected chi connectivity index (χ0v) is 5.56. The van der Waals surface area contributed by atoms with Crippen molar-refractivity contribution in [1.29, 1.82) is 0 Å². The molecule has 0 spiro atoms. The molecule has 2 heteroatoms. The molecule has 0 N–H and O–H groups in total. The molecule has 0 bridgehead atoms. The molecule has 0 aliphatic rings. The second-order valence-electron chi connectivity index (χ2n) is 1.98. The van der Waals surface area contributed by atoms with Crippen molar-refractivity contribution in [1.82, 2.24) is 4.90 Å². The molecule has 2 nitrogen and oxygen atoms in total. The number of nitrogens with zero attached hydrogens (tertiary/aromatic N) is 1. The van der Waals surface area contributed by atoms with Crippen LogP contribution in [-0.2, 0) is 4.79 Å². The van der Waals surface area contributed by atoms with Crippen LogP contribution < -0.4 is 0 Å². The second-order valence-corrected chi connectivity index (χ2v) is 1.98. The van der Waals surface area contributed by atoms with Gasteiger partial charge in [0.1, 0.15) is 0 Å². The Balaban J connectivity index is 3.84. The van der Waals surface area contributed by atoms with E-state index in [1.54, 1.807) is 21.0 Å². The Labute approximate surface area is 49.8 Å². The highest BCUT2D eigenvalue weighted by Crippen LogP contribution is 1.90. The SMILES string of the molecule is C=C(C)C(=O)N(C)C. The minimum absolute atomic E-state index is 0.00926. The normalized spacial score (nSPS) is 8.38. The van der Waals surface area contributed by atoms with Gasteiger partial charge in [-0.15, -0.1) is 0 Å². The minimum atomic E-state index is -0.00926. The standard InChI is InChI=1S/C6H11NO/c1-5(2)6(8)7(3)4/h1H2,2-4H3. The zero-order valence-electron chi connectivity index (χ0n) is 5.56. The van der Waals surface area contributed by atoms with E-state index in [1.807, 2.05) is 0 Å². The maximum absolute atomic E-state index is 10.7. The van der Waals surface area contributed by atoms with Crippen LogP contribution >= 0.6 is 0 Å². The van der Waals surface area contributed by atoms with Crippen LogP contribution in [0.25, 0.3) is 0 Å². The summed E-state index contributed by atoms with van der Waals surface area (Å²) in [5.41, 5.74) is 0.579. The summed E-state index contributed by atoms with van der Waals surface area (Å²) in [5, 5.41) is 0. The smallest absolute Gasteiger partial charge is 0.248 e. The van der Waals surface area contributed by atoms with Crippen molar-refractivity contribution in [2.75, 3.05) is 14.1 Å².